The van der Waals surface area contributed by atoms with Crippen LogP contribution in [0, 0.1) is 0 Å². The maximum atomic E-state index is 11.7. The summed E-state index contributed by atoms with van der Waals surface area (Å²) in [5.74, 6) is 0.592. The molecule has 0 fully saturated rings. The van der Waals surface area contributed by atoms with E-state index in [9.17, 15) is 8.42 Å². The van der Waals surface area contributed by atoms with E-state index in [1.807, 2.05) is 31.2 Å². The van der Waals surface area contributed by atoms with Gasteiger partial charge in [0.25, 0.3) is 0 Å². The summed E-state index contributed by atoms with van der Waals surface area (Å²) < 4.78 is 22.6. The molecule has 0 aliphatic carbocycles. The molecule has 0 heterocycles. The van der Waals surface area contributed by atoms with Gasteiger partial charge in [-0.2, -0.15) is 0 Å². The van der Waals surface area contributed by atoms with Gasteiger partial charge in [0.2, 0.25) is 0 Å². The topological polar surface area (TPSA) is 70.6 Å². The number of halogens is 2. The molecule has 0 saturated carbocycles. The van der Waals surface area contributed by atoms with Gasteiger partial charge in [0.1, 0.15) is 0 Å². The van der Waals surface area contributed by atoms with Crippen LogP contribution in [-0.4, -0.2) is 38.5 Å². The zero-order valence-corrected chi connectivity index (χ0v) is 17.8. The van der Waals surface area contributed by atoms with Crippen LogP contribution in [0.25, 0.3) is 0 Å². The molecule has 0 atom stereocenters. The minimum Gasteiger partial charge on any atom is -0.357 e. The zero-order valence-electron chi connectivity index (χ0n) is 13.9. The molecule has 132 valence electrons. The van der Waals surface area contributed by atoms with Gasteiger partial charge in [-0.15, -0.1) is 24.0 Å². The third-order valence-corrected chi connectivity index (χ3v) is 5.77. The second kappa shape index (κ2) is 9.68. The van der Waals surface area contributed by atoms with E-state index in [2.05, 4.69) is 15.6 Å². The lowest BCUT2D eigenvalue weighted by Gasteiger charge is -2.24. The van der Waals surface area contributed by atoms with E-state index in [1.165, 1.54) is 6.26 Å². The van der Waals surface area contributed by atoms with Crippen molar-refractivity contribution in [3.05, 3.63) is 34.9 Å². The number of hydrogen-bond donors (Lipinski definition) is 2. The summed E-state index contributed by atoms with van der Waals surface area (Å²) in [6.07, 6.45) is 1.24. The van der Waals surface area contributed by atoms with Gasteiger partial charge in [0.15, 0.2) is 15.8 Å². The highest BCUT2D eigenvalue weighted by atomic mass is 127. The third-order valence-electron chi connectivity index (χ3n) is 3.36. The molecule has 0 aliphatic rings. The molecule has 0 radical (unpaired) electrons. The lowest BCUT2D eigenvalue weighted by atomic mass is 10.2. The Bertz CT molecular complexity index is 616. The number of guanidine groups is 1. The normalized spacial score (nSPS) is 12.5. The smallest absolute Gasteiger partial charge is 0.191 e. The number of hydrogen-bond acceptors (Lipinski definition) is 3. The lowest BCUT2D eigenvalue weighted by Crippen LogP contribution is -2.47. The van der Waals surface area contributed by atoms with Crippen LogP contribution >= 0.6 is 35.6 Å². The quantitative estimate of drug-likeness (QED) is 0.379. The molecule has 5 nitrogen and oxygen atoms in total. The highest BCUT2D eigenvalue weighted by molar-refractivity contribution is 14.0. The summed E-state index contributed by atoms with van der Waals surface area (Å²) in [5, 5.41) is 6.88. The minimum atomic E-state index is -3.14. The Balaban J connectivity index is 0.00000484. The van der Waals surface area contributed by atoms with Crippen molar-refractivity contribution in [3.8, 4) is 0 Å². The molecule has 0 amide bonds. The van der Waals surface area contributed by atoms with Crippen molar-refractivity contribution in [2.75, 3.05) is 19.3 Å². The van der Waals surface area contributed by atoms with Gasteiger partial charge in [-0.05, 0) is 38.5 Å². The van der Waals surface area contributed by atoms with Crippen LogP contribution in [-0.2, 0) is 16.4 Å². The van der Waals surface area contributed by atoms with Crippen LogP contribution in [0.4, 0.5) is 0 Å². The fourth-order valence-corrected chi connectivity index (χ4v) is 1.99. The van der Waals surface area contributed by atoms with Gasteiger partial charge < -0.3 is 10.6 Å². The molecular formula is C15H25ClIN3O2S. The molecule has 2 N–H and O–H groups in total. The summed E-state index contributed by atoms with van der Waals surface area (Å²) in [6.45, 7) is 6.83. The SMILES string of the molecule is CCNC(=NCc1ccc(Cl)cc1)NCC(C)(C)S(C)(=O)=O.I. The van der Waals surface area contributed by atoms with Gasteiger partial charge in [-0.3, -0.25) is 0 Å². The first-order chi connectivity index (χ1) is 10.2. The summed E-state index contributed by atoms with van der Waals surface area (Å²) >= 11 is 5.85. The van der Waals surface area contributed by atoms with Crippen LogP contribution in [0.15, 0.2) is 29.3 Å². The first kappa shape index (κ1) is 22.5. The summed E-state index contributed by atoms with van der Waals surface area (Å²) in [5.41, 5.74) is 1.03. The van der Waals surface area contributed by atoms with Crippen molar-refractivity contribution >= 4 is 51.4 Å². The van der Waals surface area contributed by atoms with Crippen LogP contribution < -0.4 is 10.6 Å². The van der Waals surface area contributed by atoms with Crippen molar-refractivity contribution < 1.29 is 8.42 Å². The van der Waals surface area contributed by atoms with E-state index in [-0.39, 0.29) is 30.5 Å². The Morgan fingerprint density at radius 2 is 1.78 bits per heavy atom. The minimum absolute atomic E-state index is 0. The van der Waals surface area contributed by atoms with Gasteiger partial charge in [0.05, 0.1) is 11.3 Å². The van der Waals surface area contributed by atoms with Crippen molar-refractivity contribution in [1.29, 1.82) is 0 Å². The Hall–Kier alpha value is -0.540. The summed E-state index contributed by atoms with van der Waals surface area (Å²) in [6, 6.07) is 7.46. The first-order valence-corrected chi connectivity index (χ1v) is 9.39. The fraction of sp³-hybridized carbons (Fsp3) is 0.533. The van der Waals surface area contributed by atoms with E-state index in [1.54, 1.807) is 13.8 Å². The molecule has 23 heavy (non-hydrogen) atoms. The van der Waals surface area contributed by atoms with Crippen LogP contribution in [0.2, 0.25) is 5.02 Å². The van der Waals surface area contributed by atoms with Crippen molar-refractivity contribution in [1.82, 2.24) is 10.6 Å². The number of aliphatic imine (C=N–C) groups is 1. The van der Waals surface area contributed by atoms with E-state index in [4.69, 9.17) is 11.6 Å². The predicted octanol–water partition coefficient (Wildman–Crippen LogP) is 2.84. The Kier molecular flexibility index (Phi) is 9.46. The molecule has 0 aromatic heterocycles. The molecule has 8 heteroatoms. The van der Waals surface area contributed by atoms with Crippen LogP contribution in [0.1, 0.15) is 26.3 Å². The summed E-state index contributed by atoms with van der Waals surface area (Å²) in [7, 11) is -3.14. The second-order valence-electron chi connectivity index (χ2n) is 5.71. The van der Waals surface area contributed by atoms with Crippen molar-refractivity contribution in [2.24, 2.45) is 4.99 Å². The lowest BCUT2D eigenvalue weighted by molar-refractivity contribution is 0.544. The van der Waals surface area contributed by atoms with Gasteiger partial charge >= 0.3 is 0 Å². The van der Waals surface area contributed by atoms with Crippen LogP contribution in [0.3, 0.4) is 0 Å². The monoisotopic (exact) mass is 473 g/mol. The standard InChI is InChI=1S/C15H24ClN3O2S.HI/c1-5-17-14(19-11-15(2,3)22(4,20)21)18-10-12-6-8-13(16)9-7-12;/h6-9H,5,10-11H2,1-4H3,(H2,17,18,19);1H. The molecule has 0 unspecified atom stereocenters. The number of nitrogens with zero attached hydrogens (tertiary/aromatic N) is 1. The maximum absolute atomic E-state index is 11.7. The molecule has 0 aliphatic heterocycles. The number of rotatable bonds is 6. The number of nitrogens with one attached hydrogen (secondary N) is 2. The average Bonchev–Trinajstić information content (AvgIpc) is 2.42. The molecule has 0 bridgehead atoms. The zero-order chi connectivity index (χ0) is 16.8. The van der Waals surface area contributed by atoms with Crippen molar-refractivity contribution in [3.63, 3.8) is 0 Å². The molecule has 1 aromatic carbocycles. The molecule has 0 saturated heterocycles. The molecule has 1 aromatic rings. The average molecular weight is 474 g/mol. The number of sulfone groups is 1. The fourth-order valence-electron chi connectivity index (χ4n) is 1.53. The Labute approximate surface area is 161 Å². The molecule has 1 rings (SSSR count). The highest BCUT2D eigenvalue weighted by Crippen LogP contribution is 2.13. The third kappa shape index (κ3) is 7.71. The highest BCUT2D eigenvalue weighted by Gasteiger charge is 2.30. The van der Waals surface area contributed by atoms with E-state index in [0.717, 1.165) is 5.56 Å². The number of benzene rings is 1. The largest absolute Gasteiger partial charge is 0.357 e. The van der Waals surface area contributed by atoms with Gasteiger partial charge in [-0.1, -0.05) is 23.7 Å². The Morgan fingerprint density at radius 1 is 1.22 bits per heavy atom. The van der Waals surface area contributed by atoms with Crippen LogP contribution in [0.5, 0.6) is 0 Å². The summed E-state index contributed by atoms with van der Waals surface area (Å²) in [4.78, 5) is 4.46. The van der Waals surface area contributed by atoms with E-state index in [0.29, 0.717) is 24.1 Å². The maximum Gasteiger partial charge on any atom is 0.191 e. The molecular weight excluding hydrogens is 449 g/mol. The van der Waals surface area contributed by atoms with Gasteiger partial charge in [0, 0.05) is 24.4 Å². The van der Waals surface area contributed by atoms with E-state index >= 15 is 0 Å². The predicted molar refractivity (Wildman–Crippen MR) is 109 cm³/mol. The van der Waals surface area contributed by atoms with E-state index < -0.39 is 14.6 Å². The molecule has 0 spiro atoms. The Morgan fingerprint density at radius 3 is 2.26 bits per heavy atom. The second-order valence-corrected chi connectivity index (χ2v) is 8.79. The first-order valence-electron chi connectivity index (χ1n) is 7.12. The van der Waals surface area contributed by atoms with Gasteiger partial charge in [-0.25, -0.2) is 13.4 Å². The van der Waals surface area contributed by atoms with Crippen molar-refractivity contribution in [2.45, 2.75) is 32.1 Å².